The number of hydrogen-bond acceptors (Lipinski definition) is 4. The topological polar surface area (TPSA) is 49.2 Å². The standard InChI is InChI=1S/C14H18ClN3O2/c1-4-19-14(20-5-2)13-9-18(17-16-13)11-7-6-10(3)12(15)8-11/h6-9,14H,4-5H2,1-3H3. The predicted molar refractivity (Wildman–Crippen MR) is 77.1 cm³/mol. The smallest absolute Gasteiger partial charge is 0.204 e. The Hall–Kier alpha value is -1.43. The summed E-state index contributed by atoms with van der Waals surface area (Å²) in [5, 5.41) is 8.89. The van der Waals surface area contributed by atoms with Crippen molar-refractivity contribution in [3.8, 4) is 5.69 Å². The maximum Gasteiger partial charge on any atom is 0.204 e. The van der Waals surface area contributed by atoms with Crippen LogP contribution >= 0.6 is 11.6 Å². The van der Waals surface area contributed by atoms with Crippen LogP contribution in [0.15, 0.2) is 24.4 Å². The first-order chi connectivity index (χ1) is 9.65. The van der Waals surface area contributed by atoms with E-state index in [1.165, 1.54) is 0 Å². The van der Waals surface area contributed by atoms with E-state index in [2.05, 4.69) is 10.3 Å². The van der Waals surface area contributed by atoms with Crippen LogP contribution in [0.5, 0.6) is 0 Å². The molecule has 0 aliphatic heterocycles. The van der Waals surface area contributed by atoms with E-state index in [4.69, 9.17) is 21.1 Å². The van der Waals surface area contributed by atoms with Crippen LogP contribution in [-0.4, -0.2) is 28.2 Å². The van der Waals surface area contributed by atoms with E-state index >= 15 is 0 Å². The van der Waals surface area contributed by atoms with Crippen LogP contribution < -0.4 is 0 Å². The Balaban J connectivity index is 2.24. The molecule has 0 atom stereocenters. The number of ether oxygens (including phenoxy) is 2. The zero-order valence-electron chi connectivity index (χ0n) is 11.8. The van der Waals surface area contributed by atoms with Gasteiger partial charge in [0, 0.05) is 18.2 Å². The summed E-state index contributed by atoms with van der Waals surface area (Å²) in [5.41, 5.74) is 2.52. The number of nitrogens with zero attached hydrogens (tertiary/aromatic N) is 3. The average molecular weight is 296 g/mol. The molecule has 5 nitrogen and oxygen atoms in total. The minimum absolute atomic E-state index is 0.486. The summed E-state index contributed by atoms with van der Waals surface area (Å²) in [6, 6.07) is 5.74. The highest BCUT2D eigenvalue weighted by Crippen LogP contribution is 2.21. The van der Waals surface area contributed by atoms with Gasteiger partial charge in [0.2, 0.25) is 6.29 Å². The van der Waals surface area contributed by atoms with Crippen LogP contribution in [0.25, 0.3) is 5.69 Å². The Morgan fingerprint density at radius 2 is 1.95 bits per heavy atom. The molecule has 0 saturated heterocycles. The molecule has 0 aliphatic rings. The fraction of sp³-hybridized carbons (Fsp3) is 0.429. The molecule has 0 amide bonds. The van der Waals surface area contributed by atoms with Gasteiger partial charge in [0.1, 0.15) is 5.69 Å². The van der Waals surface area contributed by atoms with Gasteiger partial charge in [-0.3, -0.25) is 0 Å². The summed E-state index contributed by atoms with van der Waals surface area (Å²) in [5.74, 6) is 0. The first-order valence-corrected chi connectivity index (χ1v) is 6.95. The highest BCUT2D eigenvalue weighted by molar-refractivity contribution is 6.31. The van der Waals surface area contributed by atoms with Crippen molar-refractivity contribution in [2.45, 2.75) is 27.1 Å². The van der Waals surface area contributed by atoms with E-state index in [1.807, 2.05) is 39.0 Å². The van der Waals surface area contributed by atoms with Crippen molar-refractivity contribution < 1.29 is 9.47 Å². The Labute approximate surface area is 123 Å². The molecule has 20 heavy (non-hydrogen) atoms. The van der Waals surface area contributed by atoms with E-state index in [0.717, 1.165) is 11.3 Å². The van der Waals surface area contributed by atoms with Crippen molar-refractivity contribution in [3.05, 3.63) is 40.7 Å². The maximum absolute atomic E-state index is 6.12. The molecule has 1 heterocycles. The number of rotatable bonds is 6. The van der Waals surface area contributed by atoms with Crippen LogP contribution in [0, 0.1) is 6.92 Å². The van der Waals surface area contributed by atoms with E-state index in [0.29, 0.717) is 23.9 Å². The summed E-state index contributed by atoms with van der Waals surface area (Å²) in [7, 11) is 0. The lowest BCUT2D eigenvalue weighted by Gasteiger charge is -2.13. The van der Waals surface area contributed by atoms with Gasteiger partial charge in [-0.15, -0.1) is 5.10 Å². The first kappa shape index (κ1) is 15.0. The second kappa shape index (κ2) is 6.83. The second-order valence-electron chi connectivity index (χ2n) is 4.26. The summed E-state index contributed by atoms with van der Waals surface area (Å²) in [6.07, 6.45) is 1.30. The minimum atomic E-state index is -0.486. The fourth-order valence-corrected chi connectivity index (χ4v) is 1.93. The van der Waals surface area contributed by atoms with E-state index in [-0.39, 0.29) is 0 Å². The SMILES string of the molecule is CCOC(OCC)c1cn(-c2ccc(C)c(Cl)c2)nn1. The lowest BCUT2D eigenvalue weighted by Crippen LogP contribution is -2.09. The van der Waals surface area contributed by atoms with Crippen LogP contribution in [0.2, 0.25) is 5.02 Å². The van der Waals surface area contributed by atoms with Crippen LogP contribution in [0.4, 0.5) is 0 Å². The van der Waals surface area contributed by atoms with E-state index in [9.17, 15) is 0 Å². The zero-order valence-corrected chi connectivity index (χ0v) is 12.6. The van der Waals surface area contributed by atoms with Gasteiger partial charge in [-0.1, -0.05) is 22.9 Å². The maximum atomic E-state index is 6.12. The van der Waals surface area contributed by atoms with Gasteiger partial charge in [0.15, 0.2) is 0 Å². The third-order valence-electron chi connectivity index (χ3n) is 2.81. The molecular formula is C14H18ClN3O2. The molecule has 0 bridgehead atoms. The molecule has 0 radical (unpaired) electrons. The van der Waals surface area contributed by atoms with Crippen LogP contribution in [-0.2, 0) is 9.47 Å². The molecule has 0 fully saturated rings. The van der Waals surface area contributed by atoms with Gasteiger partial charge >= 0.3 is 0 Å². The van der Waals surface area contributed by atoms with Gasteiger partial charge in [-0.25, -0.2) is 4.68 Å². The zero-order chi connectivity index (χ0) is 14.5. The normalized spacial score (nSPS) is 11.2. The molecule has 0 aliphatic carbocycles. The number of hydrogen-bond donors (Lipinski definition) is 0. The molecule has 0 spiro atoms. The van der Waals surface area contributed by atoms with Crippen LogP contribution in [0.1, 0.15) is 31.4 Å². The molecule has 108 valence electrons. The lowest BCUT2D eigenvalue weighted by molar-refractivity contribution is -0.142. The summed E-state index contributed by atoms with van der Waals surface area (Å²) in [4.78, 5) is 0. The number of halogens is 1. The van der Waals surface area contributed by atoms with E-state index < -0.39 is 6.29 Å². The summed E-state index contributed by atoms with van der Waals surface area (Å²) < 4.78 is 12.7. The Morgan fingerprint density at radius 3 is 2.55 bits per heavy atom. The molecule has 0 saturated carbocycles. The Morgan fingerprint density at radius 1 is 1.25 bits per heavy atom. The van der Waals surface area contributed by atoms with Crippen molar-refractivity contribution >= 4 is 11.6 Å². The molecule has 0 N–H and O–H groups in total. The summed E-state index contributed by atoms with van der Waals surface area (Å²) in [6.45, 7) is 6.88. The summed E-state index contributed by atoms with van der Waals surface area (Å²) >= 11 is 6.12. The number of aryl methyl sites for hydroxylation is 1. The molecule has 1 aromatic heterocycles. The minimum Gasteiger partial charge on any atom is -0.347 e. The first-order valence-electron chi connectivity index (χ1n) is 6.57. The van der Waals surface area contributed by atoms with E-state index in [1.54, 1.807) is 10.9 Å². The van der Waals surface area contributed by atoms with Gasteiger partial charge in [0.25, 0.3) is 0 Å². The van der Waals surface area contributed by atoms with Crippen molar-refractivity contribution in [1.29, 1.82) is 0 Å². The molecule has 1 aromatic carbocycles. The van der Waals surface area contributed by atoms with Gasteiger partial charge < -0.3 is 9.47 Å². The van der Waals surface area contributed by atoms with Crippen molar-refractivity contribution in [2.75, 3.05) is 13.2 Å². The monoisotopic (exact) mass is 295 g/mol. The van der Waals surface area contributed by atoms with Gasteiger partial charge in [-0.05, 0) is 38.5 Å². The molecule has 2 aromatic rings. The third kappa shape index (κ3) is 3.36. The van der Waals surface area contributed by atoms with Gasteiger partial charge in [0.05, 0.1) is 11.9 Å². The highest BCUT2D eigenvalue weighted by Gasteiger charge is 2.16. The lowest BCUT2D eigenvalue weighted by atomic mass is 10.2. The van der Waals surface area contributed by atoms with Crippen LogP contribution in [0.3, 0.4) is 0 Å². The highest BCUT2D eigenvalue weighted by atomic mass is 35.5. The Kier molecular flexibility index (Phi) is 5.11. The third-order valence-corrected chi connectivity index (χ3v) is 3.22. The molecule has 6 heteroatoms. The largest absolute Gasteiger partial charge is 0.347 e. The Bertz CT molecular complexity index is 565. The number of benzene rings is 1. The van der Waals surface area contributed by atoms with Gasteiger partial charge in [-0.2, -0.15) is 0 Å². The fourth-order valence-electron chi connectivity index (χ4n) is 1.76. The van der Waals surface area contributed by atoms with Crippen molar-refractivity contribution in [3.63, 3.8) is 0 Å². The predicted octanol–water partition coefficient (Wildman–Crippen LogP) is 3.30. The quantitative estimate of drug-likeness (QED) is 0.767. The molecule has 0 unspecified atom stereocenters. The second-order valence-corrected chi connectivity index (χ2v) is 4.67. The average Bonchev–Trinajstić information content (AvgIpc) is 2.91. The molecular weight excluding hydrogens is 278 g/mol. The van der Waals surface area contributed by atoms with Crippen molar-refractivity contribution in [1.82, 2.24) is 15.0 Å². The van der Waals surface area contributed by atoms with Crippen molar-refractivity contribution in [2.24, 2.45) is 0 Å². The molecule has 2 rings (SSSR count). The number of aromatic nitrogens is 3.